The van der Waals surface area contributed by atoms with Gasteiger partial charge in [0, 0.05) is 25.6 Å². The molecule has 1 aliphatic rings. The lowest BCUT2D eigenvalue weighted by Crippen LogP contribution is -2.52. The van der Waals surface area contributed by atoms with E-state index in [1.165, 1.54) is 0 Å². The zero-order valence-corrected chi connectivity index (χ0v) is 12.3. The molecule has 0 spiro atoms. The zero-order valence-electron chi connectivity index (χ0n) is 12.3. The van der Waals surface area contributed by atoms with Crippen LogP contribution in [-0.2, 0) is 14.3 Å². The Labute approximate surface area is 115 Å². The summed E-state index contributed by atoms with van der Waals surface area (Å²) in [6, 6.07) is 0.254. The first-order valence-corrected chi connectivity index (χ1v) is 7.25. The summed E-state index contributed by atoms with van der Waals surface area (Å²) >= 11 is 0. The molecule has 1 amide bonds. The van der Waals surface area contributed by atoms with Gasteiger partial charge in [-0.3, -0.25) is 9.59 Å². The normalized spacial score (nSPS) is 19.9. The molecule has 1 fully saturated rings. The molecular formula is C14H26N2O3. The maximum absolute atomic E-state index is 12.2. The van der Waals surface area contributed by atoms with Gasteiger partial charge in [0.05, 0.1) is 12.6 Å². The summed E-state index contributed by atoms with van der Waals surface area (Å²) in [6.45, 7) is 7.77. The van der Waals surface area contributed by atoms with Crippen LogP contribution in [0, 0.1) is 0 Å². The highest BCUT2D eigenvalue weighted by atomic mass is 16.5. The van der Waals surface area contributed by atoms with Crippen LogP contribution in [-0.4, -0.2) is 48.6 Å². The van der Waals surface area contributed by atoms with E-state index in [-0.39, 0.29) is 17.9 Å². The Morgan fingerprint density at radius 2 is 2.26 bits per heavy atom. The minimum atomic E-state index is -0.177. The van der Waals surface area contributed by atoms with Crippen molar-refractivity contribution in [1.29, 1.82) is 0 Å². The molecule has 0 saturated carbocycles. The summed E-state index contributed by atoms with van der Waals surface area (Å²) in [5.74, 6) is -0.00683. The minimum Gasteiger partial charge on any atom is -0.466 e. The van der Waals surface area contributed by atoms with Gasteiger partial charge in [-0.25, -0.2) is 0 Å². The van der Waals surface area contributed by atoms with Crippen LogP contribution < -0.4 is 5.32 Å². The van der Waals surface area contributed by atoms with Crippen LogP contribution in [0.1, 0.15) is 46.5 Å². The van der Waals surface area contributed by atoms with E-state index in [1.807, 2.05) is 18.7 Å². The van der Waals surface area contributed by atoms with Gasteiger partial charge in [-0.1, -0.05) is 13.8 Å². The van der Waals surface area contributed by atoms with Crippen molar-refractivity contribution in [3.8, 4) is 0 Å². The van der Waals surface area contributed by atoms with E-state index < -0.39 is 0 Å². The van der Waals surface area contributed by atoms with Crippen molar-refractivity contribution in [2.45, 2.75) is 58.5 Å². The van der Waals surface area contributed by atoms with E-state index in [0.717, 1.165) is 19.4 Å². The topological polar surface area (TPSA) is 58.6 Å². The number of rotatable bonds is 7. The molecule has 1 saturated heterocycles. The smallest absolute Gasteiger partial charge is 0.305 e. The van der Waals surface area contributed by atoms with Gasteiger partial charge in [-0.2, -0.15) is 0 Å². The van der Waals surface area contributed by atoms with Gasteiger partial charge in [-0.05, 0) is 26.2 Å². The van der Waals surface area contributed by atoms with E-state index >= 15 is 0 Å². The predicted octanol–water partition coefficient (Wildman–Crippen LogP) is 1.32. The highest BCUT2D eigenvalue weighted by Crippen LogP contribution is 2.13. The van der Waals surface area contributed by atoms with Gasteiger partial charge in [0.15, 0.2) is 0 Å². The Bertz CT molecular complexity index is 305. The number of nitrogens with one attached hydrogen (secondary N) is 1. The van der Waals surface area contributed by atoms with Crippen molar-refractivity contribution in [1.82, 2.24) is 10.2 Å². The number of amides is 1. The van der Waals surface area contributed by atoms with Crippen LogP contribution in [0.25, 0.3) is 0 Å². The van der Waals surface area contributed by atoms with Crippen molar-refractivity contribution < 1.29 is 14.3 Å². The molecule has 0 aliphatic carbocycles. The van der Waals surface area contributed by atoms with Crippen LogP contribution in [0.2, 0.25) is 0 Å². The summed E-state index contributed by atoms with van der Waals surface area (Å²) in [7, 11) is 0. The van der Waals surface area contributed by atoms with Gasteiger partial charge in [-0.15, -0.1) is 0 Å². The maximum Gasteiger partial charge on any atom is 0.305 e. The van der Waals surface area contributed by atoms with Crippen molar-refractivity contribution in [3.63, 3.8) is 0 Å². The van der Waals surface area contributed by atoms with E-state index in [2.05, 4.69) is 5.32 Å². The Morgan fingerprint density at radius 1 is 1.53 bits per heavy atom. The third kappa shape index (κ3) is 5.59. The Hall–Kier alpha value is -1.10. The summed E-state index contributed by atoms with van der Waals surface area (Å²) in [5, 5.41) is 3.30. The van der Waals surface area contributed by atoms with Crippen LogP contribution in [0.4, 0.5) is 0 Å². The highest BCUT2D eigenvalue weighted by Gasteiger charge is 2.28. The molecular weight excluding hydrogens is 244 g/mol. The molecule has 0 aromatic rings. The molecule has 0 aromatic heterocycles. The maximum atomic E-state index is 12.2. The number of nitrogens with zero attached hydrogens (tertiary/aromatic N) is 1. The molecule has 1 N–H and O–H groups in total. The third-order valence-electron chi connectivity index (χ3n) is 3.18. The fourth-order valence-corrected chi connectivity index (χ4v) is 2.37. The number of likely N-dealkylation sites (tertiary alicyclic amines) is 1. The molecule has 1 atom stereocenters. The number of ether oxygens (including phenoxy) is 1. The van der Waals surface area contributed by atoms with E-state index in [0.29, 0.717) is 32.0 Å². The molecule has 19 heavy (non-hydrogen) atoms. The van der Waals surface area contributed by atoms with Gasteiger partial charge < -0.3 is 15.0 Å². The molecule has 0 aromatic carbocycles. The SMILES string of the molecule is CCOC(=O)CCCN1CCCC(NC(C)C)C1=O. The lowest BCUT2D eigenvalue weighted by molar-refractivity contribution is -0.144. The highest BCUT2D eigenvalue weighted by molar-refractivity contribution is 5.82. The van der Waals surface area contributed by atoms with Crippen LogP contribution in [0.15, 0.2) is 0 Å². The zero-order chi connectivity index (χ0) is 14.3. The number of hydrogen-bond donors (Lipinski definition) is 1. The second-order valence-electron chi connectivity index (χ2n) is 5.25. The lowest BCUT2D eigenvalue weighted by atomic mass is 10.0. The van der Waals surface area contributed by atoms with Crippen LogP contribution in [0.3, 0.4) is 0 Å². The van der Waals surface area contributed by atoms with E-state index in [1.54, 1.807) is 6.92 Å². The molecule has 0 bridgehead atoms. The summed E-state index contributed by atoms with van der Waals surface area (Å²) in [4.78, 5) is 25.3. The quantitative estimate of drug-likeness (QED) is 0.709. The van der Waals surface area contributed by atoms with Gasteiger partial charge >= 0.3 is 5.97 Å². The average molecular weight is 270 g/mol. The fourth-order valence-electron chi connectivity index (χ4n) is 2.37. The number of hydrogen-bond acceptors (Lipinski definition) is 4. The molecule has 1 aliphatic heterocycles. The molecule has 1 heterocycles. The van der Waals surface area contributed by atoms with Crippen molar-refractivity contribution in [2.24, 2.45) is 0 Å². The molecule has 5 nitrogen and oxygen atoms in total. The van der Waals surface area contributed by atoms with Gasteiger partial charge in [0.25, 0.3) is 0 Å². The molecule has 0 radical (unpaired) electrons. The first kappa shape index (κ1) is 16.0. The van der Waals surface area contributed by atoms with Crippen molar-refractivity contribution in [3.05, 3.63) is 0 Å². The number of esters is 1. The largest absolute Gasteiger partial charge is 0.466 e. The lowest BCUT2D eigenvalue weighted by Gasteiger charge is -2.33. The first-order valence-electron chi connectivity index (χ1n) is 7.25. The Kier molecular flexibility index (Phi) is 6.84. The summed E-state index contributed by atoms with van der Waals surface area (Å²) in [5.41, 5.74) is 0. The van der Waals surface area contributed by atoms with Gasteiger partial charge in [0.1, 0.15) is 0 Å². The second kappa shape index (κ2) is 8.15. The summed E-state index contributed by atoms with van der Waals surface area (Å²) < 4.78 is 4.88. The fraction of sp³-hybridized carbons (Fsp3) is 0.857. The Balaban J connectivity index is 2.32. The summed E-state index contributed by atoms with van der Waals surface area (Å²) in [6.07, 6.45) is 3.00. The van der Waals surface area contributed by atoms with Gasteiger partial charge in [0.2, 0.25) is 5.91 Å². The third-order valence-corrected chi connectivity index (χ3v) is 3.18. The number of carbonyl (C=O) groups is 2. The standard InChI is InChI=1S/C14H26N2O3/c1-4-19-13(17)8-6-10-16-9-5-7-12(14(16)18)15-11(2)3/h11-12,15H,4-10H2,1-3H3. The molecule has 1 rings (SSSR count). The monoisotopic (exact) mass is 270 g/mol. The van der Waals surface area contributed by atoms with Crippen LogP contribution in [0.5, 0.6) is 0 Å². The van der Waals surface area contributed by atoms with Crippen molar-refractivity contribution >= 4 is 11.9 Å². The second-order valence-corrected chi connectivity index (χ2v) is 5.25. The average Bonchev–Trinajstić information content (AvgIpc) is 2.33. The molecule has 1 unspecified atom stereocenters. The van der Waals surface area contributed by atoms with Crippen molar-refractivity contribution in [2.75, 3.05) is 19.7 Å². The predicted molar refractivity (Wildman–Crippen MR) is 73.7 cm³/mol. The molecule has 5 heteroatoms. The van der Waals surface area contributed by atoms with E-state index in [9.17, 15) is 9.59 Å². The molecule has 110 valence electrons. The number of carbonyl (C=O) groups excluding carboxylic acids is 2. The van der Waals surface area contributed by atoms with Crippen LogP contribution >= 0.6 is 0 Å². The minimum absolute atomic E-state index is 0.0589. The Morgan fingerprint density at radius 3 is 2.89 bits per heavy atom. The number of piperidine rings is 1. The van der Waals surface area contributed by atoms with E-state index in [4.69, 9.17) is 4.74 Å². The first-order chi connectivity index (χ1) is 9.04.